The number of hydrogen-bond donors (Lipinski definition) is 1. The van der Waals surface area contributed by atoms with Gasteiger partial charge in [0.15, 0.2) is 0 Å². The second-order valence-electron chi connectivity index (χ2n) is 4.72. The Balaban J connectivity index is 3.26. The molecule has 0 bridgehead atoms. The van der Waals surface area contributed by atoms with Crippen LogP contribution in [0, 0.1) is 6.92 Å². The van der Waals surface area contributed by atoms with Gasteiger partial charge in [-0.05, 0) is 26.0 Å². The summed E-state index contributed by atoms with van der Waals surface area (Å²) < 4.78 is 32.2. The molecule has 7 heteroatoms. The van der Waals surface area contributed by atoms with E-state index in [0.717, 1.165) is 9.87 Å². The minimum absolute atomic E-state index is 0.0318. The molecule has 0 amide bonds. The van der Waals surface area contributed by atoms with Crippen molar-refractivity contribution in [3.8, 4) is 0 Å². The summed E-state index contributed by atoms with van der Waals surface area (Å²) in [6, 6.07) is 6.51. The van der Waals surface area contributed by atoms with Crippen LogP contribution in [0.5, 0.6) is 0 Å². The Labute approximate surface area is 137 Å². The number of halogens is 1. The van der Waals surface area contributed by atoms with E-state index in [1.807, 2.05) is 6.92 Å². The first-order valence-corrected chi connectivity index (χ1v) is 8.82. The molecule has 1 aromatic rings. The van der Waals surface area contributed by atoms with Crippen molar-refractivity contribution in [1.82, 2.24) is 4.31 Å². The number of nitrogens with zero attached hydrogens (tertiary/aromatic N) is 1. The number of sulfonamides is 1. The Kier molecular flexibility index (Phi) is 7.52. The highest BCUT2D eigenvalue weighted by molar-refractivity contribution is 7.89. The number of ether oxygens (including phenoxy) is 1. The first kappa shape index (κ1) is 19.1. The maximum atomic E-state index is 12.8. The summed E-state index contributed by atoms with van der Waals surface area (Å²) in [6.07, 6.45) is 0.486. The molecular weight excluding hydrogens is 326 g/mol. The molecule has 5 nitrogen and oxygen atoms in total. The molecule has 1 rings (SSSR count). The summed E-state index contributed by atoms with van der Waals surface area (Å²) in [5, 5.41) is 8.39. The zero-order valence-electron chi connectivity index (χ0n) is 12.8. The van der Waals surface area contributed by atoms with Crippen molar-refractivity contribution in [2.75, 3.05) is 19.8 Å². The zero-order chi connectivity index (χ0) is 16.8. The first-order chi connectivity index (χ1) is 10.4. The number of benzene rings is 1. The molecule has 0 heterocycles. The molecule has 124 valence electrons. The lowest BCUT2D eigenvalue weighted by atomic mass is 10.2. The number of alkyl halides is 1. The number of hydrogen-bond acceptors (Lipinski definition) is 4. The molecule has 1 aromatic carbocycles. The van der Waals surface area contributed by atoms with Crippen molar-refractivity contribution < 1.29 is 18.3 Å². The Morgan fingerprint density at radius 2 is 2.00 bits per heavy atom. The van der Waals surface area contributed by atoms with Gasteiger partial charge in [-0.1, -0.05) is 23.8 Å². The van der Waals surface area contributed by atoms with Crippen LogP contribution in [-0.2, 0) is 14.8 Å². The van der Waals surface area contributed by atoms with E-state index in [4.69, 9.17) is 16.3 Å². The second-order valence-corrected chi connectivity index (χ2v) is 7.17. The maximum Gasteiger partial charge on any atom is 0.245 e. The average molecular weight is 348 g/mol. The lowest BCUT2D eigenvalue weighted by molar-refractivity contribution is -0.0197. The maximum absolute atomic E-state index is 12.8. The summed E-state index contributed by atoms with van der Waals surface area (Å²) in [7, 11) is -3.81. The average Bonchev–Trinajstić information content (AvgIpc) is 2.50. The van der Waals surface area contributed by atoms with Gasteiger partial charge in [0.05, 0.1) is 16.9 Å². The highest BCUT2D eigenvalue weighted by Crippen LogP contribution is 2.23. The number of aliphatic hydroxyl groups is 1. The molecule has 22 heavy (non-hydrogen) atoms. The van der Waals surface area contributed by atoms with Crippen LogP contribution in [0.4, 0.5) is 0 Å². The minimum Gasteiger partial charge on any atom is -0.395 e. The SMILES string of the molecule is C=CCN([C@H](OCC)[C@H](Cl)CO)S(=O)(=O)c1ccc(C)cc1. The Bertz CT molecular complexity index is 574. The van der Waals surface area contributed by atoms with E-state index in [1.165, 1.54) is 18.2 Å². The van der Waals surface area contributed by atoms with Crippen LogP contribution < -0.4 is 0 Å². The predicted molar refractivity (Wildman–Crippen MR) is 87.4 cm³/mol. The van der Waals surface area contributed by atoms with Crippen LogP contribution in [0.3, 0.4) is 0 Å². The van der Waals surface area contributed by atoms with E-state index in [1.54, 1.807) is 19.1 Å². The molecule has 0 saturated heterocycles. The minimum atomic E-state index is -3.81. The second kappa shape index (κ2) is 8.64. The standard InChI is InChI=1S/C15H22ClNO4S/c1-4-10-17(15(21-5-2)14(16)11-18)22(19,20)13-8-6-12(3)7-9-13/h4,6-9,14-15,18H,1,5,10-11H2,2-3H3/t14-,15-/m1/s1. The Morgan fingerprint density at radius 3 is 2.45 bits per heavy atom. The van der Waals surface area contributed by atoms with Crippen molar-refractivity contribution >= 4 is 21.6 Å². The van der Waals surface area contributed by atoms with Gasteiger partial charge < -0.3 is 9.84 Å². The summed E-state index contributed by atoms with van der Waals surface area (Å²) in [6.45, 7) is 7.09. The summed E-state index contributed by atoms with van der Waals surface area (Å²) in [5.74, 6) is 0. The van der Waals surface area contributed by atoms with Crippen molar-refractivity contribution in [2.45, 2.75) is 30.3 Å². The van der Waals surface area contributed by atoms with Crippen LogP contribution in [0.2, 0.25) is 0 Å². The zero-order valence-corrected chi connectivity index (χ0v) is 14.3. The smallest absolute Gasteiger partial charge is 0.245 e. The molecular formula is C15H22ClNO4S. The fraction of sp³-hybridized carbons (Fsp3) is 0.467. The number of aryl methyl sites for hydroxylation is 1. The Morgan fingerprint density at radius 1 is 1.41 bits per heavy atom. The molecule has 2 atom stereocenters. The van der Waals surface area contributed by atoms with Crippen molar-refractivity contribution in [1.29, 1.82) is 0 Å². The van der Waals surface area contributed by atoms with Crippen molar-refractivity contribution in [2.24, 2.45) is 0 Å². The summed E-state index contributed by atoms with van der Waals surface area (Å²) in [4.78, 5) is 0.145. The third kappa shape index (κ3) is 4.54. The van der Waals surface area contributed by atoms with Crippen molar-refractivity contribution in [3.05, 3.63) is 42.5 Å². The van der Waals surface area contributed by atoms with Crippen LogP contribution in [-0.4, -0.2) is 49.2 Å². The van der Waals surface area contributed by atoms with Gasteiger partial charge in [-0.3, -0.25) is 0 Å². The molecule has 0 saturated carbocycles. The summed E-state index contributed by atoms with van der Waals surface area (Å²) in [5.41, 5.74) is 0.959. The highest BCUT2D eigenvalue weighted by Gasteiger charge is 2.35. The molecule has 0 unspecified atom stereocenters. The monoisotopic (exact) mass is 347 g/mol. The largest absolute Gasteiger partial charge is 0.395 e. The fourth-order valence-corrected chi connectivity index (χ4v) is 3.75. The predicted octanol–water partition coefficient (Wildman–Crippen LogP) is 2.13. The van der Waals surface area contributed by atoms with Gasteiger partial charge in [-0.15, -0.1) is 18.2 Å². The van der Waals surface area contributed by atoms with Crippen molar-refractivity contribution in [3.63, 3.8) is 0 Å². The van der Waals surface area contributed by atoms with E-state index in [2.05, 4.69) is 6.58 Å². The van der Waals surface area contributed by atoms with E-state index in [-0.39, 0.29) is 18.0 Å². The van der Waals surface area contributed by atoms with E-state index in [0.29, 0.717) is 0 Å². The highest BCUT2D eigenvalue weighted by atomic mass is 35.5. The lowest BCUT2D eigenvalue weighted by Crippen LogP contribution is -2.48. The summed E-state index contributed by atoms with van der Waals surface area (Å²) >= 11 is 6.04. The molecule has 0 aliphatic carbocycles. The van der Waals surface area contributed by atoms with Gasteiger partial charge in [0, 0.05) is 13.2 Å². The van der Waals surface area contributed by atoms with E-state index >= 15 is 0 Å². The molecule has 0 aromatic heterocycles. The number of aliphatic hydroxyl groups excluding tert-OH is 1. The third-order valence-corrected chi connectivity index (χ3v) is 5.24. The van der Waals surface area contributed by atoms with Crippen LogP contribution in [0.15, 0.2) is 41.8 Å². The molecule has 0 fully saturated rings. The molecule has 0 aliphatic heterocycles. The van der Waals surface area contributed by atoms with E-state index < -0.39 is 28.2 Å². The first-order valence-electron chi connectivity index (χ1n) is 6.94. The Hall–Kier alpha value is -0.920. The van der Waals surface area contributed by atoms with Gasteiger partial charge in [0.2, 0.25) is 10.0 Å². The normalized spacial score (nSPS) is 14.8. The van der Waals surface area contributed by atoms with Crippen LogP contribution in [0.1, 0.15) is 12.5 Å². The quantitative estimate of drug-likeness (QED) is 0.422. The van der Waals surface area contributed by atoms with Gasteiger partial charge in [-0.2, -0.15) is 4.31 Å². The van der Waals surface area contributed by atoms with Crippen LogP contribution >= 0.6 is 11.6 Å². The van der Waals surface area contributed by atoms with Crippen LogP contribution in [0.25, 0.3) is 0 Å². The number of rotatable bonds is 9. The van der Waals surface area contributed by atoms with Gasteiger partial charge >= 0.3 is 0 Å². The molecule has 0 spiro atoms. The molecule has 0 radical (unpaired) electrons. The van der Waals surface area contributed by atoms with Gasteiger partial charge in [0.25, 0.3) is 0 Å². The molecule has 1 N–H and O–H groups in total. The van der Waals surface area contributed by atoms with Gasteiger partial charge in [-0.25, -0.2) is 8.42 Å². The lowest BCUT2D eigenvalue weighted by Gasteiger charge is -2.32. The van der Waals surface area contributed by atoms with E-state index in [9.17, 15) is 13.5 Å². The fourth-order valence-electron chi connectivity index (χ4n) is 1.94. The molecule has 0 aliphatic rings. The topological polar surface area (TPSA) is 66.8 Å². The third-order valence-electron chi connectivity index (χ3n) is 3.04. The van der Waals surface area contributed by atoms with Gasteiger partial charge in [0.1, 0.15) is 6.23 Å².